The van der Waals surface area contributed by atoms with Crippen LogP contribution in [0.3, 0.4) is 0 Å². The molecule has 3 aromatic rings. The Labute approximate surface area is 178 Å². The number of hydrogen-bond acceptors (Lipinski definition) is 2. The summed E-state index contributed by atoms with van der Waals surface area (Å²) in [5, 5.41) is 5.31. The number of amides is 2. The van der Waals surface area contributed by atoms with Crippen molar-refractivity contribution < 1.29 is 22.8 Å². The molecule has 3 rings (SSSR count). The minimum absolute atomic E-state index is 0.209. The summed E-state index contributed by atoms with van der Waals surface area (Å²) in [6.07, 6.45) is -4.23. The average molecular weight is 426 g/mol. The topological polar surface area (TPSA) is 58.2 Å². The standard InChI is InChI=1S/C24H21F3N2O2/c1-16-7-9-18(10-8-16)22(30)29-21(15-17-5-3-2-4-6-17)23(31)28-20-13-11-19(12-14-20)24(25,26)27/h2-14,21H,15H2,1H3,(H,28,31)(H,29,30). The zero-order valence-corrected chi connectivity index (χ0v) is 16.7. The molecule has 0 aliphatic rings. The Bertz CT molecular complexity index is 1030. The monoisotopic (exact) mass is 426 g/mol. The van der Waals surface area contributed by atoms with Gasteiger partial charge in [-0.3, -0.25) is 9.59 Å². The van der Waals surface area contributed by atoms with Crippen LogP contribution in [0.4, 0.5) is 18.9 Å². The fourth-order valence-corrected chi connectivity index (χ4v) is 2.98. The molecule has 0 bridgehead atoms. The largest absolute Gasteiger partial charge is 0.416 e. The van der Waals surface area contributed by atoms with Gasteiger partial charge in [-0.2, -0.15) is 13.2 Å². The van der Waals surface area contributed by atoms with Gasteiger partial charge in [-0.25, -0.2) is 0 Å². The summed E-state index contributed by atoms with van der Waals surface area (Å²) in [5.41, 5.74) is 1.64. The minimum Gasteiger partial charge on any atom is -0.340 e. The van der Waals surface area contributed by atoms with E-state index in [1.165, 1.54) is 12.1 Å². The van der Waals surface area contributed by atoms with Crippen LogP contribution in [0.25, 0.3) is 0 Å². The molecule has 0 spiro atoms. The molecule has 0 radical (unpaired) electrons. The molecular weight excluding hydrogens is 405 g/mol. The molecule has 2 N–H and O–H groups in total. The Morgan fingerprint density at radius 2 is 1.48 bits per heavy atom. The third kappa shape index (κ3) is 6.18. The van der Waals surface area contributed by atoms with Gasteiger partial charge in [0.15, 0.2) is 0 Å². The third-order valence-corrected chi connectivity index (χ3v) is 4.70. The fourth-order valence-electron chi connectivity index (χ4n) is 2.98. The minimum atomic E-state index is -4.46. The summed E-state index contributed by atoms with van der Waals surface area (Å²) in [4.78, 5) is 25.5. The van der Waals surface area contributed by atoms with Crippen molar-refractivity contribution in [2.75, 3.05) is 5.32 Å². The highest BCUT2D eigenvalue weighted by Crippen LogP contribution is 2.29. The number of hydrogen-bond donors (Lipinski definition) is 2. The number of benzene rings is 3. The molecule has 0 saturated heterocycles. The van der Waals surface area contributed by atoms with Crippen molar-refractivity contribution in [1.29, 1.82) is 0 Å². The molecule has 0 aromatic heterocycles. The van der Waals surface area contributed by atoms with E-state index < -0.39 is 29.6 Å². The number of carbonyl (C=O) groups excluding carboxylic acids is 2. The van der Waals surface area contributed by atoms with Crippen LogP contribution in [0.5, 0.6) is 0 Å². The van der Waals surface area contributed by atoms with Gasteiger partial charge in [0, 0.05) is 17.7 Å². The van der Waals surface area contributed by atoms with E-state index >= 15 is 0 Å². The second-order valence-electron chi connectivity index (χ2n) is 7.15. The van der Waals surface area contributed by atoms with Crippen LogP contribution in [0.2, 0.25) is 0 Å². The van der Waals surface area contributed by atoms with E-state index in [1.807, 2.05) is 37.3 Å². The lowest BCUT2D eigenvalue weighted by Gasteiger charge is -2.19. The van der Waals surface area contributed by atoms with Crippen LogP contribution in [0, 0.1) is 6.92 Å². The zero-order valence-electron chi connectivity index (χ0n) is 16.7. The summed E-state index contributed by atoms with van der Waals surface area (Å²) in [6, 6.07) is 19.3. The van der Waals surface area contributed by atoms with E-state index in [1.54, 1.807) is 24.3 Å². The molecule has 0 heterocycles. The predicted octanol–water partition coefficient (Wildman–Crippen LogP) is 4.99. The van der Waals surface area contributed by atoms with Gasteiger partial charge < -0.3 is 10.6 Å². The second-order valence-corrected chi connectivity index (χ2v) is 7.15. The second kappa shape index (κ2) is 9.47. The van der Waals surface area contributed by atoms with Crippen LogP contribution in [0.1, 0.15) is 27.0 Å². The summed E-state index contributed by atoms with van der Waals surface area (Å²) >= 11 is 0. The van der Waals surface area contributed by atoms with Crippen molar-refractivity contribution >= 4 is 17.5 Å². The number of anilines is 1. The summed E-state index contributed by atoms with van der Waals surface area (Å²) < 4.78 is 38.2. The zero-order chi connectivity index (χ0) is 22.4. The highest BCUT2D eigenvalue weighted by molar-refractivity contribution is 6.01. The van der Waals surface area contributed by atoms with Gasteiger partial charge in [0.1, 0.15) is 6.04 Å². The molecular formula is C24H21F3N2O2. The Hall–Kier alpha value is -3.61. The molecule has 7 heteroatoms. The molecule has 0 aliphatic carbocycles. The van der Waals surface area contributed by atoms with Gasteiger partial charge in [0.25, 0.3) is 5.91 Å². The quantitative estimate of drug-likeness (QED) is 0.583. The van der Waals surface area contributed by atoms with Gasteiger partial charge >= 0.3 is 6.18 Å². The maximum Gasteiger partial charge on any atom is 0.416 e. The molecule has 3 aromatic carbocycles. The SMILES string of the molecule is Cc1ccc(C(=O)NC(Cc2ccccc2)C(=O)Nc2ccc(C(F)(F)F)cc2)cc1. The first kappa shape index (κ1) is 22.1. The molecule has 160 valence electrons. The molecule has 1 unspecified atom stereocenters. The van der Waals surface area contributed by atoms with Crippen LogP contribution in [0.15, 0.2) is 78.9 Å². The Balaban J connectivity index is 1.77. The van der Waals surface area contributed by atoms with Crippen molar-refractivity contribution in [2.24, 2.45) is 0 Å². The maximum atomic E-state index is 12.9. The molecule has 0 saturated carbocycles. The van der Waals surface area contributed by atoms with E-state index in [0.717, 1.165) is 23.3 Å². The first-order valence-electron chi connectivity index (χ1n) is 9.62. The number of alkyl halides is 3. The Morgan fingerprint density at radius 3 is 2.06 bits per heavy atom. The van der Waals surface area contributed by atoms with Crippen LogP contribution in [-0.4, -0.2) is 17.9 Å². The lowest BCUT2D eigenvalue weighted by molar-refractivity contribution is -0.137. The van der Waals surface area contributed by atoms with Crippen LogP contribution < -0.4 is 10.6 Å². The van der Waals surface area contributed by atoms with Crippen molar-refractivity contribution in [3.05, 3.63) is 101 Å². The molecule has 0 aliphatic heterocycles. The average Bonchev–Trinajstić information content (AvgIpc) is 2.74. The van der Waals surface area contributed by atoms with Crippen molar-refractivity contribution in [3.63, 3.8) is 0 Å². The smallest absolute Gasteiger partial charge is 0.340 e. The normalized spacial score (nSPS) is 12.1. The highest BCUT2D eigenvalue weighted by atomic mass is 19.4. The summed E-state index contributed by atoms with van der Waals surface area (Å²) in [5.74, 6) is -0.937. The molecule has 4 nitrogen and oxygen atoms in total. The summed E-state index contributed by atoms with van der Waals surface area (Å²) in [6.45, 7) is 1.90. The maximum absolute atomic E-state index is 12.9. The van der Waals surface area contributed by atoms with E-state index in [-0.39, 0.29) is 12.1 Å². The summed E-state index contributed by atoms with van der Waals surface area (Å²) in [7, 11) is 0. The van der Waals surface area contributed by atoms with Gasteiger partial charge in [-0.05, 0) is 48.9 Å². The van der Waals surface area contributed by atoms with E-state index in [4.69, 9.17) is 0 Å². The number of rotatable bonds is 6. The number of nitrogens with one attached hydrogen (secondary N) is 2. The molecule has 31 heavy (non-hydrogen) atoms. The fraction of sp³-hybridized carbons (Fsp3) is 0.167. The number of aryl methyl sites for hydroxylation is 1. The lowest BCUT2D eigenvalue weighted by Crippen LogP contribution is -2.45. The van der Waals surface area contributed by atoms with Crippen molar-refractivity contribution in [2.45, 2.75) is 25.6 Å². The van der Waals surface area contributed by atoms with Crippen molar-refractivity contribution in [1.82, 2.24) is 5.32 Å². The van der Waals surface area contributed by atoms with E-state index in [9.17, 15) is 22.8 Å². The first-order valence-corrected chi connectivity index (χ1v) is 9.62. The molecule has 2 amide bonds. The number of carbonyl (C=O) groups is 2. The van der Waals surface area contributed by atoms with E-state index in [0.29, 0.717) is 5.56 Å². The van der Waals surface area contributed by atoms with Gasteiger partial charge in [-0.15, -0.1) is 0 Å². The molecule has 1 atom stereocenters. The van der Waals surface area contributed by atoms with Crippen LogP contribution >= 0.6 is 0 Å². The van der Waals surface area contributed by atoms with Crippen molar-refractivity contribution in [3.8, 4) is 0 Å². The highest BCUT2D eigenvalue weighted by Gasteiger charge is 2.30. The Kier molecular flexibility index (Phi) is 6.74. The van der Waals surface area contributed by atoms with E-state index in [2.05, 4.69) is 10.6 Å². The van der Waals surface area contributed by atoms with Gasteiger partial charge in [0.2, 0.25) is 5.91 Å². The lowest BCUT2D eigenvalue weighted by atomic mass is 10.0. The first-order chi connectivity index (χ1) is 14.7. The Morgan fingerprint density at radius 1 is 0.871 bits per heavy atom. The van der Waals surface area contributed by atoms with Gasteiger partial charge in [-0.1, -0.05) is 48.0 Å². The third-order valence-electron chi connectivity index (χ3n) is 4.70. The number of halogens is 3. The molecule has 0 fully saturated rings. The van der Waals surface area contributed by atoms with Crippen LogP contribution in [-0.2, 0) is 17.4 Å². The van der Waals surface area contributed by atoms with Gasteiger partial charge in [0.05, 0.1) is 5.56 Å². The predicted molar refractivity (Wildman–Crippen MR) is 113 cm³/mol.